The van der Waals surface area contributed by atoms with Crippen molar-refractivity contribution in [3.63, 3.8) is 0 Å². The van der Waals surface area contributed by atoms with Crippen molar-refractivity contribution in [1.29, 1.82) is 0 Å². The summed E-state index contributed by atoms with van der Waals surface area (Å²) in [7, 11) is 8.50. The Balaban J connectivity index is 2.13. The van der Waals surface area contributed by atoms with Gasteiger partial charge in [0.05, 0.1) is 13.2 Å². The fourth-order valence-electron chi connectivity index (χ4n) is 4.31. The molecule has 1 N–H and O–H groups in total. The van der Waals surface area contributed by atoms with Gasteiger partial charge < -0.3 is 29.4 Å². The Morgan fingerprint density at radius 3 is 2.12 bits per heavy atom. The van der Waals surface area contributed by atoms with Crippen molar-refractivity contribution in [2.75, 3.05) is 35.3 Å². The first-order valence-electron chi connectivity index (χ1n) is 8.56. The number of carbonyl (C=O) groups is 2. The van der Waals surface area contributed by atoms with E-state index in [1.807, 2.05) is 6.92 Å². The van der Waals surface area contributed by atoms with Gasteiger partial charge in [0.2, 0.25) is 0 Å². The third-order valence-electron chi connectivity index (χ3n) is 5.84. The van der Waals surface area contributed by atoms with Crippen LogP contribution in [0.4, 0.5) is 9.59 Å². The van der Waals surface area contributed by atoms with Gasteiger partial charge in [0.1, 0.15) is 6.17 Å². The number of fused-ring (bicyclic) bond motifs is 1. The number of hydrogen-bond donors (Lipinski definition) is 1. The fraction of sp³-hybridized carbons (Fsp3) is 0.556. The molecule has 3 rings (SSSR count). The second-order valence-corrected chi connectivity index (χ2v) is 7.12. The minimum absolute atomic E-state index is 0.0374. The van der Waals surface area contributed by atoms with Crippen LogP contribution in [0.15, 0.2) is 18.2 Å². The van der Waals surface area contributed by atoms with Crippen LogP contribution in [0.2, 0.25) is 0 Å². The zero-order valence-corrected chi connectivity index (χ0v) is 16.0. The predicted molar refractivity (Wildman–Crippen MR) is 96.0 cm³/mol. The van der Waals surface area contributed by atoms with Crippen LogP contribution in [-0.2, 0) is 0 Å². The second kappa shape index (κ2) is 6.26. The van der Waals surface area contributed by atoms with Gasteiger partial charge in [-0.3, -0.25) is 0 Å². The average Bonchev–Trinajstić information content (AvgIpc) is 2.63. The maximum absolute atomic E-state index is 12.8. The molecule has 4 atom stereocenters. The molecule has 0 bridgehead atoms. The van der Waals surface area contributed by atoms with E-state index in [1.165, 1.54) is 7.11 Å². The number of nitrogens with zero attached hydrogens (tertiary/aromatic N) is 4. The Hall–Kier alpha value is -2.64. The Morgan fingerprint density at radius 1 is 0.962 bits per heavy atom. The number of methoxy groups -OCH3 is 1. The molecule has 0 aromatic heterocycles. The van der Waals surface area contributed by atoms with E-state index in [0.29, 0.717) is 5.75 Å². The summed E-state index contributed by atoms with van der Waals surface area (Å²) in [6, 6.07) is 4.54. The standard InChI is InChI=1S/C18H26N4O4/c1-10-14-15(11-7-8-12(23)13(9-11)26-6)20(3)18(25)22(5)16(14)21(4)17(24)19(10)2/h7-10,14-16,23H,1-6H3/t10-,14-,15?,16-/m1/s1. The number of carbonyl (C=O) groups excluding carboxylic acids is 2. The molecule has 0 aliphatic carbocycles. The minimum Gasteiger partial charge on any atom is -0.504 e. The molecule has 2 fully saturated rings. The third kappa shape index (κ3) is 2.43. The summed E-state index contributed by atoms with van der Waals surface area (Å²) in [5.74, 6) is 0.375. The fourth-order valence-corrected chi connectivity index (χ4v) is 4.31. The van der Waals surface area contributed by atoms with E-state index in [-0.39, 0.29) is 42.0 Å². The SMILES string of the molecule is COc1cc(C2[C@@H]3[C@@H](N(C)C(=O)N2C)N(C)C(=O)N(C)[C@@H]3C)ccc1O. The molecule has 8 heteroatoms. The number of aromatic hydroxyl groups is 1. The smallest absolute Gasteiger partial charge is 0.321 e. The maximum atomic E-state index is 12.8. The molecule has 1 aromatic rings. The van der Waals surface area contributed by atoms with Gasteiger partial charge in [-0.15, -0.1) is 0 Å². The molecule has 8 nitrogen and oxygen atoms in total. The number of urea groups is 2. The molecule has 142 valence electrons. The van der Waals surface area contributed by atoms with Gasteiger partial charge in [0.15, 0.2) is 11.5 Å². The van der Waals surface area contributed by atoms with Crippen LogP contribution in [0.25, 0.3) is 0 Å². The van der Waals surface area contributed by atoms with Crippen molar-refractivity contribution in [3.8, 4) is 11.5 Å². The zero-order valence-electron chi connectivity index (χ0n) is 16.0. The van der Waals surface area contributed by atoms with Crippen molar-refractivity contribution in [2.45, 2.75) is 25.2 Å². The number of benzene rings is 1. The van der Waals surface area contributed by atoms with E-state index in [4.69, 9.17) is 4.74 Å². The van der Waals surface area contributed by atoms with Gasteiger partial charge in [-0.1, -0.05) is 6.07 Å². The first-order valence-corrected chi connectivity index (χ1v) is 8.56. The summed E-state index contributed by atoms with van der Waals surface area (Å²) in [4.78, 5) is 32.1. The monoisotopic (exact) mass is 362 g/mol. The van der Waals surface area contributed by atoms with Gasteiger partial charge in [0.25, 0.3) is 0 Å². The molecule has 1 unspecified atom stereocenters. The molecule has 2 heterocycles. The van der Waals surface area contributed by atoms with E-state index in [0.717, 1.165) is 5.56 Å². The molecule has 26 heavy (non-hydrogen) atoms. The molecule has 4 amide bonds. The largest absolute Gasteiger partial charge is 0.504 e. The first-order chi connectivity index (χ1) is 12.2. The number of phenolic OH excluding ortho intramolecular Hbond substituents is 1. The summed E-state index contributed by atoms with van der Waals surface area (Å²) in [6.07, 6.45) is -0.345. The highest BCUT2D eigenvalue weighted by Gasteiger charge is 2.54. The summed E-state index contributed by atoms with van der Waals surface area (Å²) in [6.45, 7) is 2.00. The molecule has 2 aliphatic rings. The van der Waals surface area contributed by atoms with Crippen LogP contribution in [0.3, 0.4) is 0 Å². The first kappa shape index (κ1) is 18.2. The van der Waals surface area contributed by atoms with E-state index in [1.54, 1.807) is 66.0 Å². The molecular formula is C18H26N4O4. The van der Waals surface area contributed by atoms with Crippen molar-refractivity contribution >= 4 is 12.1 Å². The molecule has 1 aromatic carbocycles. The molecule has 0 radical (unpaired) electrons. The number of hydrogen-bond acceptors (Lipinski definition) is 4. The van der Waals surface area contributed by atoms with Crippen LogP contribution in [0.5, 0.6) is 11.5 Å². The number of amides is 4. The van der Waals surface area contributed by atoms with E-state index >= 15 is 0 Å². The molecule has 0 spiro atoms. The molecular weight excluding hydrogens is 336 g/mol. The van der Waals surface area contributed by atoms with Crippen molar-refractivity contribution in [3.05, 3.63) is 23.8 Å². The number of rotatable bonds is 2. The van der Waals surface area contributed by atoms with Crippen LogP contribution in [0, 0.1) is 5.92 Å². The van der Waals surface area contributed by atoms with Crippen molar-refractivity contribution in [2.24, 2.45) is 5.92 Å². The van der Waals surface area contributed by atoms with Crippen LogP contribution < -0.4 is 4.74 Å². The molecule has 2 saturated heterocycles. The highest BCUT2D eigenvalue weighted by Crippen LogP contribution is 2.44. The number of ether oxygens (including phenoxy) is 1. The van der Waals surface area contributed by atoms with Crippen LogP contribution in [-0.4, -0.2) is 84.3 Å². The van der Waals surface area contributed by atoms with Gasteiger partial charge in [0, 0.05) is 40.2 Å². The average molecular weight is 362 g/mol. The quantitative estimate of drug-likeness (QED) is 0.870. The summed E-state index contributed by atoms with van der Waals surface area (Å²) < 4.78 is 5.24. The zero-order chi connectivity index (χ0) is 19.3. The molecule has 0 saturated carbocycles. The molecule has 2 aliphatic heterocycles. The normalized spacial score (nSPS) is 29.2. The van der Waals surface area contributed by atoms with Gasteiger partial charge in [-0.05, 0) is 24.6 Å². The van der Waals surface area contributed by atoms with Gasteiger partial charge in [-0.25, -0.2) is 9.59 Å². The lowest BCUT2D eigenvalue weighted by atomic mass is 9.80. The Bertz CT molecular complexity index is 736. The van der Waals surface area contributed by atoms with E-state index in [2.05, 4.69) is 0 Å². The van der Waals surface area contributed by atoms with E-state index < -0.39 is 0 Å². The Morgan fingerprint density at radius 2 is 1.54 bits per heavy atom. The van der Waals surface area contributed by atoms with Crippen LogP contribution in [0.1, 0.15) is 18.5 Å². The maximum Gasteiger partial charge on any atom is 0.321 e. The third-order valence-corrected chi connectivity index (χ3v) is 5.84. The lowest BCUT2D eigenvalue weighted by Crippen LogP contribution is -2.71. The van der Waals surface area contributed by atoms with Crippen LogP contribution >= 0.6 is 0 Å². The predicted octanol–water partition coefficient (Wildman–Crippen LogP) is 1.77. The minimum atomic E-state index is -0.345. The topological polar surface area (TPSA) is 76.6 Å². The summed E-state index contributed by atoms with van der Waals surface area (Å²) >= 11 is 0. The van der Waals surface area contributed by atoms with E-state index in [9.17, 15) is 14.7 Å². The lowest BCUT2D eigenvalue weighted by Gasteiger charge is -2.57. The summed E-state index contributed by atoms with van der Waals surface area (Å²) in [5, 5.41) is 9.92. The highest BCUT2D eigenvalue weighted by molar-refractivity contribution is 5.80. The van der Waals surface area contributed by atoms with Crippen molar-refractivity contribution in [1.82, 2.24) is 19.6 Å². The Kier molecular flexibility index (Phi) is 4.37. The van der Waals surface area contributed by atoms with Gasteiger partial charge >= 0.3 is 12.1 Å². The highest BCUT2D eigenvalue weighted by atomic mass is 16.5. The van der Waals surface area contributed by atoms with Crippen molar-refractivity contribution < 1.29 is 19.4 Å². The number of phenols is 1. The van der Waals surface area contributed by atoms with Gasteiger partial charge in [-0.2, -0.15) is 0 Å². The Labute approximate surface area is 153 Å². The second-order valence-electron chi connectivity index (χ2n) is 7.12. The lowest BCUT2D eigenvalue weighted by molar-refractivity contribution is -0.0652. The summed E-state index contributed by atoms with van der Waals surface area (Å²) in [5.41, 5.74) is 0.863.